The van der Waals surface area contributed by atoms with E-state index in [4.69, 9.17) is 21.7 Å². The molecule has 0 spiro atoms. The van der Waals surface area contributed by atoms with Crippen molar-refractivity contribution in [2.45, 2.75) is 58.7 Å². The largest absolute Gasteiger partial charge is 0.450 e. The first-order valence-electron chi connectivity index (χ1n) is 10.4. The van der Waals surface area contributed by atoms with Crippen LogP contribution in [0.4, 0.5) is 15.4 Å². The van der Waals surface area contributed by atoms with Gasteiger partial charge in [0.05, 0.1) is 12.7 Å². The maximum absolute atomic E-state index is 12.2. The standard InChI is InChI=1S/C21H32N4O5S/c1-5-29-19(27)24-18(31)23-17-8-6-7-15(22-17)13-16(26)14-9-11-25(12-10-14)20(28)30-21(2,3)4/h6-8,14,16,26H,5,9-13H2,1-4H3,(H2,22,23,24,27,31). The van der Waals surface area contributed by atoms with Crippen molar-refractivity contribution in [3.63, 3.8) is 0 Å². The molecule has 1 aromatic heterocycles. The monoisotopic (exact) mass is 452 g/mol. The van der Waals surface area contributed by atoms with Crippen LogP contribution < -0.4 is 10.6 Å². The molecule has 0 radical (unpaired) electrons. The van der Waals surface area contributed by atoms with Gasteiger partial charge in [-0.1, -0.05) is 6.07 Å². The van der Waals surface area contributed by atoms with E-state index in [0.717, 1.165) is 0 Å². The van der Waals surface area contributed by atoms with Crippen molar-refractivity contribution in [3.8, 4) is 0 Å². The average Bonchev–Trinajstić information content (AvgIpc) is 2.67. The summed E-state index contributed by atoms with van der Waals surface area (Å²) in [5.41, 5.74) is 0.178. The van der Waals surface area contributed by atoms with Crippen LogP contribution in [0.3, 0.4) is 0 Å². The topological polar surface area (TPSA) is 113 Å². The third-order valence-corrected chi connectivity index (χ3v) is 4.90. The summed E-state index contributed by atoms with van der Waals surface area (Å²) < 4.78 is 10.2. The van der Waals surface area contributed by atoms with Gasteiger partial charge in [0.15, 0.2) is 5.11 Å². The molecule has 1 aromatic rings. The summed E-state index contributed by atoms with van der Waals surface area (Å²) in [6.07, 6.45) is 0.258. The number of rotatable bonds is 5. The van der Waals surface area contributed by atoms with Crippen LogP contribution in [0.1, 0.15) is 46.2 Å². The predicted octanol–water partition coefficient (Wildman–Crippen LogP) is 3.08. The lowest BCUT2D eigenvalue weighted by molar-refractivity contribution is 0.00789. The zero-order valence-corrected chi connectivity index (χ0v) is 19.3. The lowest BCUT2D eigenvalue weighted by Crippen LogP contribution is -2.44. The van der Waals surface area contributed by atoms with Crippen LogP contribution in [0, 0.1) is 5.92 Å². The zero-order chi connectivity index (χ0) is 23.0. The highest BCUT2D eigenvalue weighted by Crippen LogP contribution is 2.24. The molecule has 3 N–H and O–H groups in total. The average molecular weight is 453 g/mol. The number of piperidine rings is 1. The fraction of sp³-hybridized carbons (Fsp3) is 0.619. The molecular weight excluding hydrogens is 420 g/mol. The second-order valence-electron chi connectivity index (χ2n) is 8.39. The van der Waals surface area contributed by atoms with Crippen LogP contribution in [0.25, 0.3) is 0 Å². The minimum atomic E-state index is -0.635. The van der Waals surface area contributed by atoms with Crippen molar-refractivity contribution in [2.24, 2.45) is 5.92 Å². The van der Waals surface area contributed by atoms with Crippen molar-refractivity contribution in [2.75, 3.05) is 25.0 Å². The summed E-state index contributed by atoms with van der Waals surface area (Å²) in [6, 6.07) is 5.34. The highest BCUT2D eigenvalue weighted by atomic mass is 32.1. The van der Waals surface area contributed by atoms with Gasteiger partial charge in [-0.3, -0.25) is 5.32 Å². The molecule has 1 aliphatic rings. The molecule has 1 atom stereocenters. The molecule has 172 valence electrons. The highest BCUT2D eigenvalue weighted by molar-refractivity contribution is 7.80. The first-order valence-corrected chi connectivity index (χ1v) is 10.8. The molecule has 0 aromatic carbocycles. The number of nitrogens with one attached hydrogen (secondary N) is 2. The van der Waals surface area contributed by atoms with Crippen molar-refractivity contribution in [1.29, 1.82) is 0 Å². The maximum atomic E-state index is 12.2. The number of pyridine rings is 1. The zero-order valence-electron chi connectivity index (χ0n) is 18.5. The van der Waals surface area contributed by atoms with Crippen LogP contribution in [-0.2, 0) is 15.9 Å². The Labute approximate surface area is 188 Å². The minimum absolute atomic E-state index is 0.0728. The summed E-state index contributed by atoms with van der Waals surface area (Å²) >= 11 is 5.07. The summed E-state index contributed by atoms with van der Waals surface area (Å²) in [7, 11) is 0. The third kappa shape index (κ3) is 8.66. The smallest absolute Gasteiger partial charge is 0.413 e. The normalized spacial score (nSPS) is 15.7. The van der Waals surface area contributed by atoms with E-state index in [1.807, 2.05) is 26.8 Å². The maximum Gasteiger partial charge on any atom is 0.413 e. The van der Waals surface area contributed by atoms with E-state index in [1.165, 1.54) is 0 Å². The van der Waals surface area contributed by atoms with Crippen LogP contribution in [0.2, 0.25) is 0 Å². The Kier molecular flexibility index (Phi) is 9.00. The van der Waals surface area contributed by atoms with Crippen molar-refractivity contribution < 1.29 is 24.2 Å². The van der Waals surface area contributed by atoms with Gasteiger partial charge in [0, 0.05) is 25.2 Å². The highest BCUT2D eigenvalue weighted by Gasteiger charge is 2.30. The van der Waals surface area contributed by atoms with E-state index in [1.54, 1.807) is 24.0 Å². The molecule has 1 fully saturated rings. The Morgan fingerprint density at radius 2 is 2.00 bits per heavy atom. The first-order chi connectivity index (χ1) is 14.6. The quantitative estimate of drug-likeness (QED) is 0.584. The first kappa shape index (κ1) is 24.8. The number of thiocarbonyl (C=S) groups is 1. The lowest BCUT2D eigenvalue weighted by atomic mass is 9.89. The number of anilines is 1. The van der Waals surface area contributed by atoms with Gasteiger partial charge in [-0.2, -0.15) is 0 Å². The summed E-state index contributed by atoms with van der Waals surface area (Å²) in [4.78, 5) is 29.7. The van der Waals surface area contributed by atoms with Gasteiger partial charge >= 0.3 is 12.2 Å². The van der Waals surface area contributed by atoms with Crippen molar-refractivity contribution in [1.82, 2.24) is 15.2 Å². The van der Waals surface area contributed by atoms with Gasteiger partial charge in [-0.25, -0.2) is 14.6 Å². The molecule has 2 rings (SSSR count). The van der Waals surface area contributed by atoms with E-state index in [-0.39, 0.29) is 23.7 Å². The molecule has 1 aliphatic heterocycles. The number of carbonyl (C=O) groups is 2. The van der Waals surface area contributed by atoms with Gasteiger partial charge in [0.2, 0.25) is 0 Å². The molecule has 2 heterocycles. The van der Waals surface area contributed by atoms with E-state index in [9.17, 15) is 14.7 Å². The predicted molar refractivity (Wildman–Crippen MR) is 121 cm³/mol. The molecule has 2 amide bonds. The molecule has 31 heavy (non-hydrogen) atoms. The second kappa shape index (κ2) is 11.2. The molecule has 1 unspecified atom stereocenters. The number of alkyl carbamates (subject to hydrolysis) is 1. The van der Waals surface area contributed by atoms with E-state index < -0.39 is 17.8 Å². The fourth-order valence-electron chi connectivity index (χ4n) is 3.24. The summed E-state index contributed by atoms with van der Waals surface area (Å²) in [5, 5.41) is 16.0. The lowest BCUT2D eigenvalue weighted by Gasteiger charge is -2.35. The molecule has 0 aliphatic carbocycles. The molecule has 1 saturated heterocycles. The number of aliphatic hydroxyl groups excluding tert-OH is 1. The Morgan fingerprint density at radius 1 is 1.32 bits per heavy atom. The van der Waals surface area contributed by atoms with Crippen LogP contribution in [0.15, 0.2) is 18.2 Å². The van der Waals surface area contributed by atoms with Crippen LogP contribution >= 0.6 is 12.2 Å². The Morgan fingerprint density at radius 3 is 2.61 bits per heavy atom. The molecular formula is C21H32N4O5S. The van der Waals surface area contributed by atoms with Crippen LogP contribution in [-0.4, -0.2) is 63.7 Å². The second-order valence-corrected chi connectivity index (χ2v) is 8.80. The van der Waals surface area contributed by atoms with E-state index in [0.29, 0.717) is 43.9 Å². The van der Waals surface area contributed by atoms with Gasteiger partial charge in [0.25, 0.3) is 0 Å². The Balaban J connectivity index is 1.84. The number of aromatic nitrogens is 1. The number of nitrogens with zero attached hydrogens (tertiary/aromatic N) is 2. The van der Waals surface area contributed by atoms with Gasteiger partial charge in [-0.05, 0) is 70.8 Å². The molecule has 9 nitrogen and oxygen atoms in total. The van der Waals surface area contributed by atoms with Crippen molar-refractivity contribution in [3.05, 3.63) is 23.9 Å². The Bertz CT molecular complexity index is 775. The van der Waals surface area contributed by atoms with Gasteiger partial charge < -0.3 is 24.8 Å². The van der Waals surface area contributed by atoms with Gasteiger partial charge in [0.1, 0.15) is 11.4 Å². The number of carbonyl (C=O) groups excluding carboxylic acids is 2. The summed E-state index contributed by atoms with van der Waals surface area (Å²) in [5.74, 6) is 0.537. The Hall–Kier alpha value is -2.46. The molecule has 10 heteroatoms. The SMILES string of the molecule is CCOC(=O)NC(=S)Nc1cccc(CC(O)C2CCN(C(=O)OC(C)(C)C)CC2)n1. The number of aliphatic hydroxyl groups is 1. The molecule has 0 saturated carbocycles. The minimum Gasteiger partial charge on any atom is -0.450 e. The molecule has 0 bridgehead atoms. The summed E-state index contributed by atoms with van der Waals surface area (Å²) in [6.45, 7) is 8.59. The van der Waals surface area contributed by atoms with E-state index in [2.05, 4.69) is 15.6 Å². The van der Waals surface area contributed by atoms with Crippen molar-refractivity contribution >= 4 is 35.3 Å². The van der Waals surface area contributed by atoms with E-state index >= 15 is 0 Å². The fourth-order valence-corrected chi connectivity index (χ4v) is 3.43. The van der Waals surface area contributed by atoms with Crippen LogP contribution in [0.5, 0.6) is 0 Å². The number of likely N-dealkylation sites (tertiary alicyclic amines) is 1. The number of hydrogen-bond acceptors (Lipinski definition) is 7. The van der Waals surface area contributed by atoms with Gasteiger partial charge in [-0.15, -0.1) is 0 Å². The third-order valence-electron chi connectivity index (χ3n) is 4.69. The number of amides is 2. The number of hydrogen-bond donors (Lipinski definition) is 3. The number of ether oxygens (including phenoxy) is 2.